The summed E-state index contributed by atoms with van der Waals surface area (Å²) in [6, 6.07) is 6.14. The van der Waals surface area contributed by atoms with E-state index in [0.717, 1.165) is 11.3 Å². The summed E-state index contributed by atoms with van der Waals surface area (Å²) in [6.45, 7) is 1.20. The van der Waals surface area contributed by atoms with E-state index in [2.05, 4.69) is 16.3 Å². The van der Waals surface area contributed by atoms with Gasteiger partial charge in [-0.3, -0.25) is 4.79 Å². The summed E-state index contributed by atoms with van der Waals surface area (Å²) in [5, 5.41) is 2.63. The molecule has 1 amide bonds. The molecule has 0 spiro atoms. The minimum Gasteiger partial charge on any atom is -0.374 e. The number of nitrogens with zero attached hydrogens (tertiary/aromatic N) is 1. The molecule has 0 aromatic heterocycles. The molecule has 0 saturated heterocycles. The zero-order valence-corrected chi connectivity index (χ0v) is 12.0. The fourth-order valence-electron chi connectivity index (χ4n) is 1.82. The van der Waals surface area contributed by atoms with E-state index in [-0.39, 0.29) is 5.91 Å². The molecule has 0 heterocycles. The Bertz CT molecular complexity index is 409. The molecule has 5 heteroatoms. The van der Waals surface area contributed by atoms with Crippen LogP contribution in [0.2, 0.25) is 0 Å². The van der Waals surface area contributed by atoms with Gasteiger partial charge in [0.25, 0.3) is 0 Å². The van der Waals surface area contributed by atoms with Crippen LogP contribution in [0.15, 0.2) is 23.1 Å². The number of anilines is 1. The molecule has 3 N–H and O–H groups in total. The van der Waals surface area contributed by atoms with E-state index >= 15 is 0 Å². The van der Waals surface area contributed by atoms with Crippen molar-refractivity contribution < 1.29 is 4.79 Å². The SMILES string of the molecule is CNC(=O)CCN(C)c1cccc(SC)c1CN. The van der Waals surface area contributed by atoms with Crippen molar-refractivity contribution in [3.63, 3.8) is 0 Å². The van der Waals surface area contributed by atoms with Gasteiger partial charge in [0.1, 0.15) is 0 Å². The van der Waals surface area contributed by atoms with E-state index in [9.17, 15) is 4.79 Å². The van der Waals surface area contributed by atoms with E-state index in [1.54, 1.807) is 18.8 Å². The van der Waals surface area contributed by atoms with Crippen LogP contribution in [0.25, 0.3) is 0 Å². The van der Waals surface area contributed by atoms with E-state index in [1.165, 1.54) is 4.90 Å². The lowest BCUT2D eigenvalue weighted by molar-refractivity contribution is -0.120. The van der Waals surface area contributed by atoms with Crippen molar-refractivity contribution in [1.29, 1.82) is 0 Å². The lowest BCUT2D eigenvalue weighted by atomic mass is 10.1. The van der Waals surface area contributed by atoms with Gasteiger partial charge in [0.05, 0.1) is 0 Å². The van der Waals surface area contributed by atoms with Gasteiger partial charge in [-0.2, -0.15) is 0 Å². The number of carbonyl (C=O) groups excluding carboxylic acids is 1. The molecular weight excluding hydrogens is 246 g/mol. The largest absolute Gasteiger partial charge is 0.374 e. The van der Waals surface area contributed by atoms with E-state index in [1.807, 2.05) is 25.4 Å². The van der Waals surface area contributed by atoms with Crippen LogP contribution in [-0.2, 0) is 11.3 Å². The molecule has 100 valence electrons. The van der Waals surface area contributed by atoms with Crippen LogP contribution < -0.4 is 16.0 Å². The molecule has 0 aliphatic rings. The maximum absolute atomic E-state index is 11.3. The molecule has 0 saturated carbocycles. The lowest BCUT2D eigenvalue weighted by Crippen LogP contribution is -2.27. The first kappa shape index (κ1) is 14.9. The average molecular weight is 267 g/mol. The summed E-state index contributed by atoms with van der Waals surface area (Å²) in [4.78, 5) is 14.5. The van der Waals surface area contributed by atoms with Crippen LogP contribution in [0.5, 0.6) is 0 Å². The zero-order chi connectivity index (χ0) is 13.5. The first-order chi connectivity index (χ1) is 8.63. The van der Waals surface area contributed by atoms with Gasteiger partial charge in [-0.25, -0.2) is 0 Å². The highest BCUT2D eigenvalue weighted by Gasteiger charge is 2.11. The third-order valence-electron chi connectivity index (χ3n) is 2.90. The molecular formula is C13H21N3OS. The van der Waals surface area contributed by atoms with Crippen LogP contribution in [0.1, 0.15) is 12.0 Å². The number of benzene rings is 1. The minimum absolute atomic E-state index is 0.0529. The van der Waals surface area contributed by atoms with Gasteiger partial charge in [0.2, 0.25) is 5.91 Å². The normalized spacial score (nSPS) is 10.2. The van der Waals surface area contributed by atoms with Crippen molar-refractivity contribution in [2.75, 3.05) is 31.8 Å². The van der Waals surface area contributed by atoms with E-state index in [0.29, 0.717) is 19.5 Å². The maximum atomic E-state index is 11.3. The Kier molecular flexibility index (Phi) is 6.01. The number of rotatable bonds is 6. The molecule has 0 aliphatic carbocycles. The number of hydrogen-bond acceptors (Lipinski definition) is 4. The highest BCUT2D eigenvalue weighted by atomic mass is 32.2. The Morgan fingerprint density at radius 1 is 1.50 bits per heavy atom. The molecule has 1 rings (SSSR count). The second kappa shape index (κ2) is 7.28. The van der Waals surface area contributed by atoms with Crippen LogP contribution in [-0.4, -0.2) is 32.8 Å². The first-order valence-electron chi connectivity index (χ1n) is 5.91. The number of nitrogens with two attached hydrogens (primary N) is 1. The third-order valence-corrected chi connectivity index (χ3v) is 3.72. The summed E-state index contributed by atoms with van der Waals surface area (Å²) in [5.41, 5.74) is 8.08. The molecule has 0 bridgehead atoms. The highest BCUT2D eigenvalue weighted by Crippen LogP contribution is 2.28. The Morgan fingerprint density at radius 2 is 2.22 bits per heavy atom. The molecule has 1 aromatic carbocycles. The predicted molar refractivity (Wildman–Crippen MR) is 78.1 cm³/mol. The van der Waals surface area contributed by atoms with Gasteiger partial charge in [-0.05, 0) is 18.4 Å². The third kappa shape index (κ3) is 3.65. The smallest absolute Gasteiger partial charge is 0.221 e. The second-order valence-corrected chi connectivity index (χ2v) is 4.85. The van der Waals surface area contributed by atoms with Gasteiger partial charge >= 0.3 is 0 Å². The van der Waals surface area contributed by atoms with Gasteiger partial charge in [0.15, 0.2) is 0 Å². The highest BCUT2D eigenvalue weighted by molar-refractivity contribution is 7.98. The number of amides is 1. The van der Waals surface area contributed by atoms with Crippen LogP contribution in [0.3, 0.4) is 0 Å². The number of carbonyl (C=O) groups is 1. The molecule has 1 aromatic rings. The summed E-state index contributed by atoms with van der Waals surface area (Å²) >= 11 is 1.69. The summed E-state index contributed by atoms with van der Waals surface area (Å²) < 4.78 is 0. The van der Waals surface area contributed by atoms with Gasteiger partial charge in [-0.15, -0.1) is 11.8 Å². The quantitative estimate of drug-likeness (QED) is 0.766. The summed E-state index contributed by atoms with van der Waals surface area (Å²) in [6.07, 6.45) is 2.53. The molecule has 0 atom stereocenters. The Hall–Kier alpha value is -1.20. The van der Waals surface area contributed by atoms with Gasteiger partial charge in [-0.1, -0.05) is 6.07 Å². The van der Waals surface area contributed by atoms with Gasteiger partial charge in [0, 0.05) is 49.8 Å². The number of hydrogen-bond donors (Lipinski definition) is 2. The maximum Gasteiger partial charge on any atom is 0.221 e. The van der Waals surface area contributed by atoms with E-state index < -0.39 is 0 Å². The summed E-state index contributed by atoms with van der Waals surface area (Å²) in [5.74, 6) is 0.0529. The first-order valence-corrected chi connectivity index (χ1v) is 7.14. The molecule has 0 unspecified atom stereocenters. The Labute approximate surface area is 113 Å². The number of thioether (sulfide) groups is 1. The van der Waals surface area contributed by atoms with Crippen molar-refractivity contribution in [3.8, 4) is 0 Å². The molecule has 0 fully saturated rings. The van der Waals surface area contributed by atoms with Crippen molar-refractivity contribution in [2.45, 2.75) is 17.9 Å². The van der Waals surface area contributed by atoms with Crippen molar-refractivity contribution >= 4 is 23.4 Å². The van der Waals surface area contributed by atoms with Crippen LogP contribution in [0.4, 0.5) is 5.69 Å². The fourth-order valence-corrected chi connectivity index (χ4v) is 2.47. The van der Waals surface area contributed by atoms with Crippen molar-refractivity contribution in [3.05, 3.63) is 23.8 Å². The topological polar surface area (TPSA) is 58.4 Å². The molecule has 0 radical (unpaired) electrons. The standard InChI is InChI=1S/C13H21N3OS/c1-15-13(17)7-8-16(2)11-5-4-6-12(18-3)10(11)9-14/h4-6H,7-9,14H2,1-3H3,(H,15,17). The van der Waals surface area contributed by atoms with Crippen LogP contribution >= 0.6 is 11.8 Å². The fraction of sp³-hybridized carbons (Fsp3) is 0.462. The zero-order valence-electron chi connectivity index (χ0n) is 11.2. The number of nitrogens with one attached hydrogen (secondary N) is 1. The monoisotopic (exact) mass is 267 g/mol. The van der Waals surface area contributed by atoms with Crippen molar-refractivity contribution in [2.24, 2.45) is 5.73 Å². The summed E-state index contributed by atoms with van der Waals surface area (Å²) in [7, 11) is 3.64. The molecule has 18 heavy (non-hydrogen) atoms. The Morgan fingerprint density at radius 3 is 2.78 bits per heavy atom. The van der Waals surface area contributed by atoms with Crippen molar-refractivity contribution in [1.82, 2.24) is 5.32 Å². The van der Waals surface area contributed by atoms with E-state index in [4.69, 9.17) is 5.73 Å². The lowest BCUT2D eigenvalue weighted by Gasteiger charge is -2.23. The second-order valence-electron chi connectivity index (χ2n) is 4.01. The molecule has 0 aliphatic heterocycles. The van der Waals surface area contributed by atoms with Gasteiger partial charge < -0.3 is 16.0 Å². The van der Waals surface area contributed by atoms with Crippen LogP contribution in [0, 0.1) is 0 Å². The molecule has 4 nitrogen and oxygen atoms in total. The predicted octanol–water partition coefficient (Wildman–Crippen LogP) is 1.44. The Balaban J connectivity index is 2.84. The average Bonchev–Trinajstić information content (AvgIpc) is 2.42. The minimum atomic E-state index is 0.0529.